The minimum Gasteiger partial charge on any atom is -0.349 e. The van der Waals surface area contributed by atoms with Crippen molar-refractivity contribution in [2.24, 2.45) is 0 Å². The molecule has 0 radical (unpaired) electrons. The molecule has 0 bridgehead atoms. The van der Waals surface area contributed by atoms with E-state index in [2.05, 4.69) is 19.3 Å². The first-order valence-electron chi connectivity index (χ1n) is 24.6. The Balaban J connectivity index is 0.000000378. The fourth-order valence-electron chi connectivity index (χ4n) is 10.4. The topological polar surface area (TPSA) is 16.6 Å². The minimum absolute atomic E-state index is 0.297. The summed E-state index contributed by atoms with van der Waals surface area (Å²) in [5.74, 6) is -121. The standard InChI is InChI=1S/C12H2F8.4C10F7.C4H11N.Al/c13-4-2-1-3(6(14)7(4)15)5-8(16)10(18)12(20)11(19)9(5)17;4*11-3-1-2-4(7(14)6(3)13)8(15)10(17)9(16)5(2)12;1-3-4-5-2;/h1-2H;;;;;5H,3-4H2,1-2H3;/q;;;;;;-1/p+1. The minimum atomic E-state index is -10.2. The van der Waals surface area contributed by atoms with Crippen LogP contribution in [0.4, 0.5) is 158 Å². The van der Waals surface area contributed by atoms with E-state index in [-0.39, 0.29) is 0 Å². The van der Waals surface area contributed by atoms with Crippen molar-refractivity contribution in [3.63, 3.8) is 0 Å². The van der Waals surface area contributed by atoms with Gasteiger partial charge in [0.05, 0.1) is 40.7 Å². The summed E-state index contributed by atoms with van der Waals surface area (Å²) in [6.07, 6.45) is 1.29. The Labute approximate surface area is 495 Å². The van der Waals surface area contributed by atoms with Crippen molar-refractivity contribution >= 4 is 73.9 Å². The maximum atomic E-state index is 17.3. The lowest BCUT2D eigenvalue weighted by Gasteiger charge is -2.44. The molecule has 2 N–H and O–H groups in total. The predicted octanol–water partition coefficient (Wildman–Crippen LogP) is 15.6. The number of hydrogen-bond donors (Lipinski definition) is 1. The highest BCUT2D eigenvalue weighted by Gasteiger charge is 2.55. The summed E-state index contributed by atoms with van der Waals surface area (Å²) in [5.41, 5.74) is -2.95. The normalized spacial score (nSPS) is 11.9. The van der Waals surface area contributed by atoms with Crippen molar-refractivity contribution in [3.05, 3.63) is 222 Å². The Bertz CT molecular complexity index is 4440. The van der Waals surface area contributed by atoms with Crippen LogP contribution >= 0.6 is 0 Å². The molecular formula is C56H14AlF36N. The Morgan fingerprint density at radius 2 is 0.415 bits per heavy atom. The van der Waals surface area contributed by atoms with Gasteiger partial charge >= 0.3 is 0 Å². The lowest BCUT2D eigenvalue weighted by molar-refractivity contribution is -0.626. The third-order valence-corrected chi connectivity index (χ3v) is 20.0. The van der Waals surface area contributed by atoms with Gasteiger partial charge in [-0.05, 0) is 40.1 Å². The van der Waals surface area contributed by atoms with E-state index in [4.69, 9.17) is 0 Å². The van der Waals surface area contributed by atoms with Gasteiger partial charge in [0.1, 0.15) is 23.3 Å². The van der Waals surface area contributed by atoms with Crippen LogP contribution < -0.4 is 23.0 Å². The maximum absolute atomic E-state index is 17.3. The molecule has 498 valence electrons. The summed E-state index contributed by atoms with van der Waals surface area (Å²) in [7, 11) is 2.09. The molecule has 0 aliphatic carbocycles. The first-order valence-corrected chi connectivity index (χ1v) is 26.9. The predicted molar refractivity (Wildman–Crippen MR) is 253 cm³/mol. The molecule has 0 fully saturated rings. The summed E-state index contributed by atoms with van der Waals surface area (Å²) < 4.78 is 536. The molecule has 0 saturated heterocycles. The van der Waals surface area contributed by atoms with Crippen LogP contribution in [0.3, 0.4) is 0 Å². The summed E-state index contributed by atoms with van der Waals surface area (Å²) in [4.78, 5) is 0. The molecule has 10 rings (SSSR count). The smallest absolute Gasteiger partial charge is 0.286 e. The molecule has 0 saturated carbocycles. The molecule has 10 aromatic carbocycles. The molecule has 94 heavy (non-hydrogen) atoms. The van der Waals surface area contributed by atoms with Crippen LogP contribution in [0.2, 0.25) is 0 Å². The highest BCUT2D eigenvalue weighted by atomic mass is 27.2. The van der Waals surface area contributed by atoms with Gasteiger partial charge in [-0.1, -0.05) is 6.92 Å². The zero-order valence-corrected chi connectivity index (χ0v) is 45.5. The molecule has 0 atom stereocenters. The SMILES string of the molecule is CCC[NH2+]C.Fc1c(F)c(F)c2[c]([Al-]([c]3c(F)c(F)c(F)c4c(F)c(F)c(F)c(F)c34)([c]3c(F)c(F)c(F)c4c(F)c(F)c(F)c(F)c34)[c]3c(F)c(F)c(F)c4c(F)c(F)c(F)c(F)c34)c(F)c(F)c(F)c2c1F.Fc1ccc(-c2c(F)c(F)c(F)c(F)c2F)c(F)c1F. The van der Waals surface area contributed by atoms with Gasteiger partial charge in [-0.25, -0.2) is 158 Å². The van der Waals surface area contributed by atoms with E-state index in [1.165, 1.54) is 13.0 Å². The Morgan fingerprint density at radius 3 is 0.617 bits per heavy atom. The summed E-state index contributed by atoms with van der Waals surface area (Å²) >= 11 is -10.2. The number of hydrogen-bond acceptors (Lipinski definition) is 0. The number of nitrogens with two attached hydrogens (primary N) is 1. The van der Waals surface area contributed by atoms with Crippen molar-refractivity contribution < 1.29 is 163 Å². The molecular weight excluding hydrogens is 1400 g/mol. The molecule has 0 unspecified atom stereocenters. The highest BCUT2D eigenvalue weighted by Crippen LogP contribution is 2.43. The quantitative estimate of drug-likeness (QED) is 0.0709. The lowest BCUT2D eigenvalue weighted by atomic mass is 10.0. The van der Waals surface area contributed by atoms with Crippen LogP contribution in [-0.4, -0.2) is 26.7 Å². The van der Waals surface area contributed by atoms with E-state index < -0.39 is 294 Å². The molecule has 38 heteroatoms. The third kappa shape index (κ3) is 9.91. The lowest BCUT2D eigenvalue weighted by Crippen LogP contribution is -2.79. The van der Waals surface area contributed by atoms with Gasteiger partial charge in [0.15, 0.2) is 180 Å². The van der Waals surface area contributed by atoms with Gasteiger partial charge in [0.25, 0.3) is 13.1 Å². The van der Waals surface area contributed by atoms with Crippen LogP contribution in [0.25, 0.3) is 54.2 Å². The molecule has 10 aromatic rings. The van der Waals surface area contributed by atoms with Crippen molar-refractivity contribution in [2.75, 3.05) is 13.6 Å². The maximum Gasteiger partial charge on any atom is 0.286 e. The largest absolute Gasteiger partial charge is 0.349 e. The Kier molecular flexibility index (Phi) is 19.0. The second-order valence-electron chi connectivity index (χ2n) is 19.2. The van der Waals surface area contributed by atoms with Gasteiger partial charge in [-0.2, -0.15) is 17.7 Å². The summed E-state index contributed by atoms with van der Waals surface area (Å²) in [5, 5.41) is -24.5. The molecule has 0 aromatic heterocycles. The number of benzene rings is 10. The number of rotatable bonds is 7. The first-order chi connectivity index (χ1) is 43.7. The van der Waals surface area contributed by atoms with Gasteiger partial charge < -0.3 is 5.32 Å². The molecule has 0 amide bonds. The van der Waals surface area contributed by atoms with Crippen molar-refractivity contribution in [1.82, 2.24) is 0 Å². The highest BCUT2D eigenvalue weighted by molar-refractivity contribution is 7.23. The Hall–Kier alpha value is -8.79. The van der Waals surface area contributed by atoms with Crippen molar-refractivity contribution in [3.8, 4) is 11.1 Å². The van der Waals surface area contributed by atoms with Crippen LogP contribution in [0.15, 0.2) is 12.1 Å². The second-order valence-corrected chi connectivity index (χ2v) is 23.2. The van der Waals surface area contributed by atoms with Crippen molar-refractivity contribution in [2.45, 2.75) is 13.3 Å². The number of quaternary nitrogens is 1. The average molecular weight is 1410 g/mol. The van der Waals surface area contributed by atoms with Crippen LogP contribution in [0.1, 0.15) is 13.3 Å². The van der Waals surface area contributed by atoms with Crippen LogP contribution in [0, 0.1) is 209 Å². The third-order valence-electron chi connectivity index (χ3n) is 14.3. The second kappa shape index (κ2) is 25.2. The number of halogens is 36. The molecule has 1 nitrogen and oxygen atoms in total. The summed E-state index contributed by atoms with van der Waals surface area (Å²) in [6, 6.07) is 0.665. The monoisotopic (exact) mass is 1410 g/mol. The van der Waals surface area contributed by atoms with E-state index in [1.807, 2.05) is 0 Å². The van der Waals surface area contributed by atoms with E-state index in [0.29, 0.717) is 12.1 Å². The fraction of sp³-hybridized carbons (Fsp3) is 0.0714. The number of fused-ring (bicyclic) bond motifs is 4. The van der Waals surface area contributed by atoms with Gasteiger partial charge in [0, 0.05) is 5.56 Å². The zero-order chi connectivity index (χ0) is 70.9. The van der Waals surface area contributed by atoms with E-state index in [1.54, 1.807) is 0 Å². The van der Waals surface area contributed by atoms with E-state index in [9.17, 15) is 52.7 Å². The Morgan fingerprint density at radius 1 is 0.223 bits per heavy atom. The van der Waals surface area contributed by atoms with Gasteiger partial charge in [-0.15, -0.1) is 0 Å². The van der Waals surface area contributed by atoms with Crippen LogP contribution in [-0.2, 0) is 0 Å². The van der Waals surface area contributed by atoms with Gasteiger partial charge in [-0.3, -0.25) is 0 Å². The first kappa shape index (κ1) is 71.1. The molecule has 0 aliphatic heterocycles. The summed E-state index contributed by atoms with van der Waals surface area (Å²) in [6.45, 7) is 3.44. The van der Waals surface area contributed by atoms with Gasteiger partial charge in [0.2, 0.25) is 5.82 Å². The molecule has 0 aliphatic rings. The molecule has 0 heterocycles. The average Bonchev–Trinajstić information content (AvgIpc) is 0.662. The fourth-order valence-corrected chi connectivity index (χ4v) is 17.0. The van der Waals surface area contributed by atoms with Crippen molar-refractivity contribution in [1.29, 1.82) is 0 Å². The zero-order valence-electron chi connectivity index (χ0n) is 44.3. The van der Waals surface area contributed by atoms with E-state index >= 15 is 105 Å². The van der Waals surface area contributed by atoms with E-state index in [0.717, 1.165) is 0 Å². The van der Waals surface area contributed by atoms with Crippen LogP contribution in [0.5, 0.6) is 0 Å². The molecule has 0 spiro atoms.